The molecule has 6 heteroatoms. The number of nitrogens with two attached hydrogens (primary N) is 2. The highest BCUT2D eigenvalue weighted by Gasteiger charge is 1.96. The van der Waals surface area contributed by atoms with Crippen LogP contribution in [0.15, 0.2) is 0 Å². The van der Waals surface area contributed by atoms with Crippen LogP contribution in [0, 0.1) is 0 Å². The number of aliphatic hydroxyl groups is 1. The van der Waals surface area contributed by atoms with Crippen molar-refractivity contribution in [1.82, 2.24) is 0 Å². The van der Waals surface area contributed by atoms with Crippen molar-refractivity contribution in [3.8, 4) is 0 Å². The molecule has 0 aromatic rings. The maximum Gasteiger partial charge on any atom is 0.306 e. The lowest BCUT2D eigenvalue weighted by Crippen LogP contribution is -2.29. The van der Waals surface area contributed by atoms with E-state index in [0.29, 0.717) is 6.61 Å². The number of carbonyl (C=O) groups is 2. The van der Waals surface area contributed by atoms with E-state index in [9.17, 15) is 9.59 Å². The molecule has 0 atom stereocenters. The van der Waals surface area contributed by atoms with Gasteiger partial charge in [0.1, 0.15) is 0 Å². The van der Waals surface area contributed by atoms with Crippen LogP contribution in [0.1, 0.15) is 71.1 Å². The van der Waals surface area contributed by atoms with Crippen molar-refractivity contribution in [2.45, 2.75) is 71.1 Å². The van der Waals surface area contributed by atoms with E-state index >= 15 is 0 Å². The number of aliphatic hydroxyl groups excluding tert-OH is 1. The Bertz CT molecular complexity index is 238. The van der Waals surface area contributed by atoms with Crippen LogP contribution < -0.4 is 11.5 Å². The molecule has 132 valence electrons. The van der Waals surface area contributed by atoms with Gasteiger partial charge in [0, 0.05) is 5.75 Å². The van der Waals surface area contributed by atoms with E-state index in [1.165, 1.54) is 70.0 Å². The summed E-state index contributed by atoms with van der Waals surface area (Å²) in [6.45, 7) is 2.61. The van der Waals surface area contributed by atoms with Gasteiger partial charge in [-0.15, -0.1) is 0 Å². The predicted molar refractivity (Wildman–Crippen MR) is 94.6 cm³/mol. The van der Waals surface area contributed by atoms with Gasteiger partial charge in [-0.05, 0) is 12.2 Å². The first-order chi connectivity index (χ1) is 10.6. The first kappa shape index (κ1) is 23.5. The van der Waals surface area contributed by atoms with Crippen LogP contribution in [-0.4, -0.2) is 35.0 Å². The Hall–Kier alpha value is -0.750. The summed E-state index contributed by atoms with van der Waals surface area (Å²) >= 11 is 1.88. The third-order valence-corrected chi connectivity index (χ3v) is 4.17. The normalized spacial score (nSPS) is 9.91. The standard InChI is InChI=1S/C14H30OS.C2H4N2O2/c1-2-3-4-5-6-7-8-9-10-11-13-16-14-12-15;3-1(5)2(4)6/h15H,2-14H2,1H3;(H2,3,5)(H2,4,6). The fourth-order valence-electron chi connectivity index (χ4n) is 1.86. The summed E-state index contributed by atoms with van der Waals surface area (Å²) < 4.78 is 0. The molecule has 0 bridgehead atoms. The van der Waals surface area contributed by atoms with E-state index < -0.39 is 11.8 Å². The smallest absolute Gasteiger partial charge is 0.306 e. The summed E-state index contributed by atoms with van der Waals surface area (Å²) in [6, 6.07) is 0. The van der Waals surface area contributed by atoms with Gasteiger partial charge in [0.25, 0.3) is 0 Å². The Balaban J connectivity index is 0. The average molecular weight is 335 g/mol. The van der Waals surface area contributed by atoms with Crippen molar-refractivity contribution in [3.05, 3.63) is 0 Å². The molecule has 0 unspecified atom stereocenters. The number of amides is 2. The van der Waals surface area contributed by atoms with Crippen molar-refractivity contribution in [3.63, 3.8) is 0 Å². The molecule has 0 spiro atoms. The number of hydrogen-bond donors (Lipinski definition) is 3. The summed E-state index contributed by atoms with van der Waals surface area (Å²) in [5.74, 6) is -0.0564. The summed E-state index contributed by atoms with van der Waals surface area (Å²) in [5.41, 5.74) is 8.64. The molecule has 0 saturated heterocycles. The summed E-state index contributed by atoms with van der Waals surface area (Å²) in [7, 11) is 0. The molecule has 5 N–H and O–H groups in total. The molecule has 0 aliphatic rings. The van der Waals surface area contributed by atoms with Crippen molar-refractivity contribution < 1.29 is 14.7 Å². The highest BCUT2D eigenvalue weighted by Crippen LogP contribution is 2.12. The third kappa shape index (κ3) is 24.3. The molecular weight excluding hydrogens is 300 g/mol. The number of hydrogen-bond acceptors (Lipinski definition) is 4. The quantitative estimate of drug-likeness (QED) is 0.355. The van der Waals surface area contributed by atoms with Gasteiger partial charge in [-0.2, -0.15) is 11.8 Å². The van der Waals surface area contributed by atoms with Crippen LogP contribution in [0.3, 0.4) is 0 Å². The van der Waals surface area contributed by atoms with Gasteiger partial charge in [0.2, 0.25) is 0 Å². The van der Waals surface area contributed by atoms with Crippen molar-refractivity contribution in [2.75, 3.05) is 18.1 Å². The molecule has 0 aromatic carbocycles. The summed E-state index contributed by atoms with van der Waals surface area (Å²) in [5, 5.41) is 8.61. The Labute approximate surface area is 139 Å². The van der Waals surface area contributed by atoms with Gasteiger partial charge in [-0.25, -0.2) is 0 Å². The highest BCUT2D eigenvalue weighted by molar-refractivity contribution is 7.99. The fourth-order valence-corrected chi connectivity index (χ4v) is 2.60. The van der Waals surface area contributed by atoms with E-state index in [1.54, 1.807) is 0 Å². The zero-order valence-corrected chi connectivity index (χ0v) is 14.8. The van der Waals surface area contributed by atoms with Crippen LogP contribution >= 0.6 is 11.8 Å². The number of carbonyl (C=O) groups excluding carboxylic acids is 2. The molecule has 0 heterocycles. The Morgan fingerprint density at radius 2 is 1.18 bits per heavy atom. The largest absolute Gasteiger partial charge is 0.396 e. The van der Waals surface area contributed by atoms with Gasteiger partial charge in [-0.1, -0.05) is 64.7 Å². The second kappa shape index (κ2) is 20.2. The molecule has 0 aliphatic heterocycles. The van der Waals surface area contributed by atoms with E-state index in [1.807, 2.05) is 11.8 Å². The lowest BCUT2D eigenvalue weighted by atomic mass is 10.1. The molecule has 0 fully saturated rings. The number of primary amides is 2. The van der Waals surface area contributed by atoms with Gasteiger partial charge >= 0.3 is 11.8 Å². The van der Waals surface area contributed by atoms with E-state index in [4.69, 9.17) is 5.11 Å². The molecule has 0 aromatic heterocycles. The van der Waals surface area contributed by atoms with Crippen LogP contribution in [0.5, 0.6) is 0 Å². The minimum absolute atomic E-state index is 0.336. The van der Waals surface area contributed by atoms with Crippen LogP contribution in [0.2, 0.25) is 0 Å². The average Bonchev–Trinajstić information content (AvgIpc) is 2.49. The first-order valence-corrected chi connectivity index (χ1v) is 9.49. The zero-order chi connectivity index (χ0) is 17.1. The summed E-state index contributed by atoms with van der Waals surface area (Å²) in [6.07, 6.45) is 14.1. The fraction of sp³-hybridized carbons (Fsp3) is 0.875. The number of rotatable bonds is 13. The van der Waals surface area contributed by atoms with Gasteiger partial charge < -0.3 is 16.6 Å². The number of thioether (sulfide) groups is 1. The van der Waals surface area contributed by atoms with Crippen LogP contribution in [0.25, 0.3) is 0 Å². The Kier molecular flexibility index (Phi) is 21.6. The van der Waals surface area contributed by atoms with Crippen molar-refractivity contribution >= 4 is 23.6 Å². The lowest BCUT2D eigenvalue weighted by Gasteiger charge is -2.02. The summed E-state index contributed by atoms with van der Waals surface area (Å²) in [4.78, 5) is 18.9. The first-order valence-electron chi connectivity index (χ1n) is 8.34. The van der Waals surface area contributed by atoms with E-state index in [0.717, 1.165) is 5.75 Å². The second-order valence-corrected chi connectivity index (χ2v) is 6.47. The Morgan fingerprint density at radius 1 is 0.773 bits per heavy atom. The topological polar surface area (TPSA) is 106 Å². The highest BCUT2D eigenvalue weighted by atomic mass is 32.2. The third-order valence-electron chi connectivity index (χ3n) is 3.12. The van der Waals surface area contributed by atoms with Crippen LogP contribution in [0.4, 0.5) is 0 Å². The molecular formula is C16H34N2O3S. The minimum atomic E-state index is -1.10. The molecule has 0 saturated carbocycles. The molecule has 2 amide bonds. The Morgan fingerprint density at radius 3 is 1.55 bits per heavy atom. The van der Waals surface area contributed by atoms with Gasteiger partial charge in [-0.3, -0.25) is 9.59 Å². The van der Waals surface area contributed by atoms with Crippen molar-refractivity contribution in [2.24, 2.45) is 11.5 Å². The van der Waals surface area contributed by atoms with E-state index in [2.05, 4.69) is 18.4 Å². The molecule has 5 nitrogen and oxygen atoms in total. The maximum absolute atomic E-state index is 9.45. The molecule has 0 radical (unpaired) electrons. The zero-order valence-electron chi connectivity index (χ0n) is 14.0. The predicted octanol–water partition coefficient (Wildman–Crippen LogP) is 2.59. The molecule has 0 aliphatic carbocycles. The molecule has 22 heavy (non-hydrogen) atoms. The maximum atomic E-state index is 9.45. The SMILES string of the molecule is CCCCCCCCCCCCSCCO.NC(=O)C(N)=O. The molecule has 0 rings (SSSR count). The second-order valence-electron chi connectivity index (χ2n) is 5.25. The van der Waals surface area contributed by atoms with Gasteiger partial charge in [0.05, 0.1) is 6.61 Å². The van der Waals surface area contributed by atoms with Crippen molar-refractivity contribution in [1.29, 1.82) is 0 Å². The van der Waals surface area contributed by atoms with Crippen LogP contribution in [-0.2, 0) is 9.59 Å². The minimum Gasteiger partial charge on any atom is -0.396 e. The lowest BCUT2D eigenvalue weighted by molar-refractivity contribution is -0.135. The van der Waals surface area contributed by atoms with Gasteiger partial charge in [0.15, 0.2) is 0 Å². The monoisotopic (exact) mass is 334 g/mol. The van der Waals surface area contributed by atoms with E-state index in [-0.39, 0.29) is 0 Å². The number of unbranched alkanes of at least 4 members (excludes halogenated alkanes) is 9.